The topological polar surface area (TPSA) is 0 Å². The monoisotopic (exact) mass is 614 g/mol. The summed E-state index contributed by atoms with van der Waals surface area (Å²) >= 11 is 0. The average molecular weight is 615 g/mol. The largest absolute Gasteiger partial charge is 0.0622 e. The molecule has 4 saturated carbocycles. The molecule has 0 aliphatic heterocycles. The molecular weight excluding hydrogens is 577 g/mol. The fraction of sp³-hybridized carbons (Fsp3) is 0.208. The molecule has 0 radical (unpaired) electrons. The Morgan fingerprint density at radius 2 is 0.792 bits per heavy atom. The van der Waals surface area contributed by atoms with E-state index in [-0.39, 0.29) is 5.41 Å². The van der Waals surface area contributed by atoms with Crippen molar-refractivity contribution in [1.82, 2.24) is 0 Å². The summed E-state index contributed by atoms with van der Waals surface area (Å²) in [6, 6.07) is 55.2. The molecule has 0 unspecified atom stereocenters. The zero-order chi connectivity index (χ0) is 31.4. The number of hydrogen-bond donors (Lipinski definition) is 0. The van der Waals surface area contributed by atoms with Gasteiger partial charge in [0.25, 0.3) is 0 Å². The van der Waals surface area contributed by atoms with Gasteiger partial charge in [0, 0.05) is 5.41 Å². The maximum atomic E-state index is 2.54. The molecule has 5 aliphatic carbocycles. The van der Waals surface area contributed by atoms with Gasteiger partial charge in [-0.2, -0.15) is 0 Å². The molecule has 1 spiro atoms. The van der Waals surface area contributed by atoms with Crippen LogP contribution in [0.15, 0.2) is 146 Å². The maximum Gasteiger partial charge on any atom is 0.0272 e. The Hall–Kier alpha value is -4.94. The van der Waals surface area contributed by atoms with Crippen LogP contribution in [0.3, 0.4) is 0 Å². The first-order valence-electron chi connectivity index (χ1n) is 18.1. The third kappa shape index (κ3) is 3.51. The molecule has 7 aromatic rings. The summed E-state index contributed by atoms with van der Waals surface area (Å²) in [5.74, 6) is 3.40. The predicted octanol–water partition coefficient (Wildman–Crippen LogP) is 12.7. The van der Waals surface area contributed by atoms with Crippen LogP contribution in [-0.2, 0) is 5.41 Å². The molecule has 0 heteroatoms. The summed E-state index contributed by atoms with van der Waals surface area (Å²) in [6.45, 7) is 0. The Morgan fingerprint density at radius 3 is 1.42 bits per heavy atom. The third-order valence-corrected chi connectivity index (χ3v) is 13.1. The molecule has 0 aromatic heterocycles. The van der Waals surface area contributed by atoms with Crippen LogP contribution in [0.1, 0.15) is 43.2 Å². The van der Waals surface area contributed by atoms with Crippen molar-refractivity contribution in [3.8, 4) is 44.5 Å². The van der Waals surface area contributed by atoms with Crippen LogP contribution < -0.4 is 0 Å². The number of fused-ring (bicyclic) bond motifs is 5. The number of hydrogen-bond acceptors (Lipinski definition) is 0. The van der Waals surface area contributed by atoms with E-state index in [0.29, 0.717) is 0 Å². The van der Waals surface area contributed by atoms with E-state index < -0.39 is 0 Å². The van der Waals surface area contributed by atoms with Crippen molar-refractivity contribution in [2.45, 2.75) is 37.5 Å². The van der Waals surface area contributed by atoms with E-state index in [1.165, 1.54) is 98.2 Å². The van der Waals surface area contributed by atoms with Crippen LogP contribution in [0.5, 0.6) is 0 Å². The molecule has 0 atom stereocenters. The molecule has 4 bridgehead atoms. The Labute approximate surface area is 283 Å². The van der Waals surface area contributed by atoms with E-state index in [0.717, 1.165) is 23.7 Å². The van der Waals surface area contributed by atoms with E-state index in [1.54, 1.807) is 11.1 Å². The summed E-state index contributed by atoms with van der Waals surface area (Å²) in [5.41, 5.74) is 14.4. The Bertz CT molecular complexity index is 2330. The molecule has 0 heterocycles. The predicted molar refractivity (Wildman–Crippen MR) is 201 cm³/mol. The second-order valence-electron chi connectivity index (χ2n) is 15.2. The lowest BCUT2D eigenvalue weighted by Crippen LogP contribution is -2.55. The van der Waals surface area contributed by atoms with Crippen LogP contribution in [0.2, 0.25) is 0 Å². The first-order valence-corrected chi connectivity index (χ1v) is 18.1. The highest BCUT2D eigenvalue weighted by Gasteiger charge is 2.61. The van der Waals surface area contributed by atoms with Gasteiger partial charge < -0.3 is 0 Å². The fourth-order valence-corrected chi connectivity index (χ4v) is 11.7. The lowest BCUT2D eigenvalue weighted by molar-refractivity contribution is -0.0399. The SMILES string of the molecule is c1ccc(-c2ccccc2-c2c3ccccc3c(-c3cccc4c3-c3ccccc3C43C4CC5CC(C4)CC3C5)c3ccccc23)cc1. The van der Waals surface area contributed by atoms with Crippen molar-refractivity contribution < 1.29 is 0 Å². The summed E-state index contributed by atoms with van der Waals surface area (Å²) in [7, 11) is 0. The van der Waals surface area contributed by atoms with Crippen LogP contribution in [0.4, 0.5) is 0 Å². The smallest absolute Gasteiger partial charge is 0.0272 e. The highest BCUT2D eigenvalue weighted by Crippen LogP contribution is 2.70. The standard InChI is InChI=1S/C48H38/c1-2-13-32(14-3-1)35-15-4-5-16-36(35)45-37-17-6-8-19-39(37)46(40-20-9-7-18-38(40)45)42-22-12-24-44-47(42)41-21-10-11-23-43(41)48(44)33-26-30-25-31(28-33)29-34(48)27-30/h1-24,30-31,33-34H,25-29H2. The van der Waals surface area contributed by atoms with Gasteiger partial charge in [0.15, 0.2) is 0 Å². The van der Waals surface area contributed by atoms with Crippen molar-refractivity contribution in [1.29, 1.82) is 0 Å². The molecular formula is C48H38. The van der Waals surface area contributed by atoms with E-state index in [2.05, 4.69) is 146 Å². The highest BCUT2D eigenvalue weighted by molar-refractivity contribution is 6.23. The van der Waals surface area contributed by atoms with Gasteiger partial charge in [-0.3, -0.25) is 0 Å². The van der Waals surface area contributed by atoms with Crippen LogP contribution in [0.25, 0.3) is 66.1 Å². The van der Waals surface area contributed by atoms with Gasteiger partial charge in [0.1, 0.15) is 0 Å². The van der Waals surface area contributed by atoms with Gasteiger partial charge in [-0.25, -0.2) is 0 Å². The van der Waals surface area contributed by atoms with Gasteiger partial charge in [-0.15, -0.1) is 0 Å². The van der Waals surface area contributed by atoms with E-state index in [4.69, 9.17) is 0 Å². The van der Waals surface area contributed by atoms with Crippen molar-refractivity contribution in [2.75, 3.05) is 0 Å². The summed E-state index contributed by atoms with van der Waals surface area (Å²) in [5, 5.41) is 5.32. The molecule has 0 saturated heterocycles. The molecule has 0 amide bonds. The molecule has 12 rings (SSSR count). The highest BCUT2D eigenvalue weighted by atomic mass is 14.6. The molecule has 5 aliphatic rings. The van der Waals surface area contributed by atoms with Crippen molar-refractivity contribution >= 4 is 21.5 Å². The molecule has 230 valence electrons. The molecule has 4 fully saturated rings. The zero-order valence-electron chi connectivity index (χ0n) is 27.2. The average Bonchev–Trinajstić information content (AvgIpc) is 3.44. The van der Waals surface area contributed by atoms with Gasteiger partial charge in [-0.1, -0.05) is 146 Å². The van der Waals surface area contributed by atoms with E-state index in [1.807, 2.05) is 0 Å². The third-order valence-electron chi connectivity index (χ3n) is 13.1. The molecule has 0 nitrogen and oxygen atoms in total. The number of rotatable bonds is 3. The Balaban J connectivity index is 1.23. The minimum atomic E-state index is 0.162. The Kier molecular flexibility index (Phi) is 5.66. The first kappa shape index (κ1) is 27.1. The van der Waals surface area contributed by atoms with Crippen LogP contribution >= 0.6 is 0 Å². The van der Waals surface area contributed by atoms with Gasteiger partial charge in [0.2, 0.25) is 0 Å². The van der Waals surface area contributed by atoms with E-state index in [9.17, 15) is 0 Å². The second-order valence-corrected chi connectivity index (χ2v) is 15.2. The summed E-state index contributed by atoms with van der Waals surface area (Å²) < 4.78 is 0. The summed E-state index contributed by atoms with van der Waals surface area (Å²) in [4.78, 5) is 0. The number of benzene rings is 7. The van der Waals surface area contributed by atoms with Crippen molar-refractivity contribution in [3.63, 3.8) is 0 Å². The van der Waals surface area contributed by atoms with E-state index >= 15 is 0 Å². The minimum absolute atomic E-state index is 0.162. The van der Waals surface area contributed by atoms with Crippen molar-refractivity contribution in [2.24, 2.45) is 23.7 Å². The zero-order valence-corrected chi connectivity index (χ0v) is 27.2. The quantitative estimate of drug-likeness (QED) is 0.174. The molecule has 48 heavy (non-hydrogen) atoms. The minimum Gasteiger partial charge on any atom is -0.0622 e. The molecule has 7 aromatic carbocycles. The fourth-order valence-electron chi connectivity index (χ4n) is 11.7. The normalized spacial score (nSPS) is 24.8. The Morgan fingerprint density at radius 1 is 0.333 bits per heavy atom. The lowest BCUT2D eigenvalue weighted by atomic mass is 9.43. The van der Waals surface area contributed by atoms with Gasteiger partial charge >= 0.3 is 0 Å². The van der Waals surface area contributed by atoms with Crippen LogP contribution in [-0.4, -0.2) is 0 Å². The van der Waals surface area contributed by atoms with Crippen molar-refractivity contribution in [3.05, 3.63) is 157 Å². The summed E-state index contributed by atoms with van der Waals surface area (Å²) in [6.07, 6.45) is 7.12. The second kappa shape index (κ2) is 10.0. The first-order chi connectivity index (χ1) is 23.8. The van der Waals surface area contributed by atoms with Gasteiger partial charge in [-0.05, 0) is 133 Å². The van der Waals surface area contributed by atoms with Gasteiger partial charge in [0.05, 0.1) is 0 Å². The molecule has 0 N–H and O–H groups in total. The van der Waals surface area contributed by atoms with Crippen LogP contribution in [0, 0.1) is 23.7 Å². The lowest BCUT2D eigenvalue weighted by Gasteiger charge is -2.61. The maximum absolute atomic E-state index is 2.54.